The maximum absolute atomic E-state index is 12.5. The molecule has 1 atom stereocenters. The highest BCUT2D eigenvalue weighted by Gasteiger charge is 2.18. The first-order valence-corrected chi connectivity index (χ1v) is 9.05. The number of oxazole rings is 1. The van der Waals surface area contributed by atoms with E-state index in [9.17, 15) is 4.79 Å². The summed E-state index contributed by atoms with van der Waals surface area (Å²) in [4.78, 5) is 16.9. The summed E-state index contributed by atoms with van der Waals surface area (Å²) in [5.74, 6) is 0.664. The van der Waals surface area contributed by atoms with Crippen LogP contribution in [0.1, 0.15) is 29.3 Å². The normalized spacial score (nSPS) is 12.1. The van der Waals surface area contributed by atoms with Crippen molar-refractivity contribution in [1.82, 2.24) is 20.1 Å². The lowest BCUT2D eigenvalue weighted by molar-refractivity contribution is 0.0927. The molecule has 0 aliphatic heterocycles. The van der Waals surface area contributed by atoms with E-state index in [1.165, 1.54) is 4.68 Å². The number of ether oxygens (including phenoxy) is 1. The number of halogens is 1. The second kappa shape index (κ2) is 7.74. The van der Waals surface area contributed by atoms with Gasteiger partial charge in [0.05, 0.1) is 5.02 Å². The van der Waals surface area contributed by atoms with Crippen molar-refractivity contribution in [3.8, 4) is 5.75 Å². The van der Waals surface area contributed by atoms with Gasteiger partial charge < -0.3 is 14.5 Å². The van der Waals surface area contributed by atoms with E-state index in [1.807, 2.05) is 36.4 Å². The summed E-state index contributed by atoms with van der Waals surface area (Å²) in [5.41, 5.74) is 1.70. The largest absolute Gasteiger partial charge is 0.470 e. The molecule has 0 saturated heterocycles. The van der Waals surface area contributed by atoms with Gasteiger partial charge in [0.15, 0.2) is 12.3 Å². The minimum atomic E-state index is -0.399. The van der Waals surface area contributed by atoms with Gasteiger partial charge in [-0.1, -0.05) is 35.9 Å². The molecule has 4 aromatic rings. The minimum Gasteiger partial charge on any atom is -0.470 e. The second-order valence-corrected chi connectivity index (χ2v) is 6.57. The van der Waals surface area contributed by atoms with Crippen LogP contribution in [0.15, 0.2) is 65.2 Å². The number of fused-ring (bicyclic) bond motifs is 1. The van der Waals surface area contributed by atoms with E-state index in [1.54, 1.807) is 31.3 Å². The van der Waals surface area contributed by atoms with Gasteiger partial charge in [0.25, 0.3) is 5.91 Å². The Morgan fingerprint density at radius 1 is 1.21 bits per heavy atom. The first-order chi connectivity index (χ1) is 13.6. The Morgan fingerprint density at radius 3 is 2.82 bits per heavy atom. The van der Waals surface area contributed by atoms with Gasteiger partial charge in [0.1, 0.15) is 23.0 Å². The first-order valence-electron chi connectivity index (χ1n) is 8.67. The summed E-state index contributed by atoms with van der Waals surface area (Å²) in [7, 11) is 0. The first kappa shape index (κ1) is 18.1. The van der Waals surface area contributed by atoms with Crippen LogP contribution < -0.4 is 10.1 Å². The molecule has 28 heavy (non-hydrogen) atoms. The highest BCUT2D eigenvalue weighted by molar-refractivity contribution is 6.32. The molecule has 7 nitrogen and oxygen atoms in total. The number of amides is 1. The van der Waals surface area contributed by atoms with Gasteiger partial charge in [0, 0.05) is 6.20 Å². The molecule has 2 heterocycles. The van der Waals surface area contributed by atoms with E-state index in [2.05, 4.69) is 15.4 Å². The van der Waals surface area contributed by atoms with Gasteiger partial charge >= 0.3 is 0 Å². The number of aromatic nitrogens is 3. The van der Waals surface area contributed by atoms with Crippen LogP contribution in [0, 0.1) is 0 Å². The zero-order valence-corrected chi connectivity index (χ0v) is 15.8. The Hall–Kier alpha value is -3.32. The Balaban J connectivity index is 1.39. The molecule has 0 fully saturated rings. The number of benzene rings is 2. The van der Waals surface area contributed by atoms with Crippen molar-refractivity contribution in [2.24, 2.45) is 0 Å². The molecule has 0 saturated carbocycles. The third kappa shape index (κ3) is 3.84. The van der Waals surface area contributed by atoms with E-state index in [0.29, 0.717) is 22.2 Å². The van der Waals surface area contributed by atoms with Gasteiger partial charge in [-0.2, -0.15) is 5.10 Å². The monoisotopic (exact) mass is 396 g/mol. The molecule has 8 heteroatoms. The fourth-order valence-electron chi connectivity index (χ4n) is 2.66. The second-order valence-electron chi connectivity index (χ2n) is 6.16. The van der Waals surface area contributed by atoms with Crippen molar-refractivity contribution in [3.63, 3.8) is 0 Å². The Labute approximate surface area is 165 Å². The van der Waals surface area contributed by atoms with Crippen molar-refractivity contribution in [2.75, 3.05) is 0 Å². The van der Waals surface area contributed by atoms with E-state index in [4.69, 9.17) is 20.8 Å². The van der Waals surface area contributed by atoms with Gasteiger partial charge in [-0.05, 0) is 37.3 Å². The molecule has 0 radical (unpaired) electrons. The van der Waals surface area contributed by atoms with Crippen LogP contribution in [0.25, 0.3) is 11.1 Å². The number of para-hydroxylation sites is 3. The quantitative estimate of drug-likeness (QED) is 0.528. The lowest BCUT2D eigenvalue weighted by Gasteiger charge is -2.09. The summed E-state index contributed by atoms with van der Waals surface area (Å²) in [5, 5.41) is 7.58. The van der Waals surface area contributed by atoms with E-state index in [-0.39, 0.29) is 18.3 Å². The number of carbonyl (C=O) groups is 1. The van der Waals surface area contributed by atoms with Gasteiger partial charge in [-0.3, -0.25) is 4.79 Å². The average Bonchev–Trinajstić information content (AvgIpc) is 3.34. The molecule has 0 bridgehead atoms. The maximum Gasteiger partial charge on any atom is 0.272 e. The fourth-order valence-corrected chi connectivity index (χ4v) is 2.85. The Kier molecular flexibility index (Phi) is 4.99. The Bertz CT molecular complexity index is 1090. The average molecular weight is 397 g/mol. The lowest BCUT2D eigenvalue weighted by atomic mass is 10.3. The van der Waals surface area contributed by atoms with Crippen LogP contribution in [0.3, 0.4) is 0 Å². The maximum atomic E-state index is 12.5. The molecule has 0 spiro atoms. The Morgan fingerprint density at radius 2 is 2.00 bits per heavy atom. The fraction of sp³-hybridized carbons (Fsp3) is 0.150. The number of nitrogens with one attached hydrogen (secondary N) is 1. The predicted molar refractivity (Wildman–Crippen MR) is 104 cm³/mol. The summed E-state index contributed by atoms with van der Waals surface area (Å²) in [6.45, 7) is 1.94. The number of rotatable bonds is 6. The molecule has 0 aliphatic carbocycles. The van der Waals surface area contributed by atoms with Crippen molar-refractivity contribution in [3.05, 3.63) is 77.4 Å². The summed E-state index contributed by atoms with van der Waals surface area (Å²) >= 11 is 6.06. The molecule has 4 rings (SSSR count). The van der Waals surface area contributed by atoms with Crippen molar-refractivity contribution in [2.45, 2.75) is 19.7 Å². The molecule has 1 unspecified atom stereocenters. The van der Waals surface area contributed by atoms with E-state index >= 15 is 0 Å². The molecule has 1 N–H and O–H groups in total. The van der Waals surface area contributed by atoms with E-state index < -0.39 is 6.04 Å². The number of hydrogen-bond donors (Lipinski definition) is 1. The molecular formula is C20H17ClN4O3. The van der Waals surface area contributed by atoms with Crippen LogP contribution in [0.4, 0.5) is 0 Å². The highest BCUT2D eigenvalue weighted by Crippen LogP contribution is 2.23. The van der Waals surface area contributed by atoms with Crippen molar-refractivity contribution < 1.29 is 13.9 Å². The number of carbonyl (C=O) groups excluding carboxylic acids is 1. The van der Waals surface area contributed by atoms with Crippen LogP contribution in [-0.4, -0.2) is 20.7 Å². The summed E-state index contributed by atoms with van der Waals surface area (Å²) in [6, 6.07) is 15.8. The lowest BCUT2D eigenvalue weighted by Crippen LogP contribution is -2.27. The van der Waals surface area contributed by atoms with Crippen LogP contribution >= 0.6 is 11.6 Å². The third-order valence-electron chi connectivity index (χ3n) is 4.09. The van der Waals surface area contributed by atoms with E-state index in [0.717, 1.165) is 5.52 Å². The zero-order valence-electron chi connectivity index (χ0n) is 15.0. The third-order valence-corrected chi connectivity index (χ3v) is 4.40. The number of nitrogens with zero attached hydrogens (tertiary/aromatic N) is 3. The summed E-state index contributed by atoms with van der Waals surface area (Å²) < 4.78 is 12.8. The predicted octanol–water partition coefficient (Wildman–Crippen LogP) is 4.21. The molecule has 1 amide bonds. The van der Waals surface area contributed by atoms with Gasteiger partial charge in [-0.25, -0.2) is 9.67 Å². The van der Waals surface area contributed by atoms with Crippen LogP contribution in [-0.2, 0) is 6.73 Å². The van der Waals surface area contributed by atoms with Crippen LogP contribution in [0.5, 0.6) is 5.75 Å². The van der Waals surface area contributed by atoms with Crippen molar-refractivity contribution >= 4 is 28.6 Å². The smallest absolute Gasteiger partial charge is 0.272 e. The summed E-state index contributed by atoms with van der Waals surface area (Å²) in [6.07, 6.45) is 1.66. The molecule has 142 valence electrons. The molecule has 2 aromatic carbocycles. The number of hydrogen-bond acceptors (Lipinski definition) is 5. The van der Waals surface area contributed by atoms with Gasteiger partial charge in [-0.15, -0.1) is 0 Å². The molecular weight excluding hydrogens is 380 g/mol. The highest BCUT2D eigenvalue weighted by atomic mass is 35.5. The van der Waals surface area contributed by atoms with Crippen LogP contribution in [0.2, 0.25) is 5.02 Å². The SMILES string of the molecule is CC(NC(=O)c1ccn(COc2ccccc2Cl)n1)c1nc2ccccc2o1. The van der Waals surface area contributed by atoms with Crippen molar-refractivity contribution in [1.29, 1.82) is 0 Å². The standard InChI is InChI=1S/C20H17ClN4O3/c1-13(20-23-15-7-3-5-9-18(15)28-20)22-19(26)16-10-11-25(24-16)12-27-17-8-4-2-6-14(17)21/h2-11,13H,12H2,1H3,(H,22,26). The topological polar surface area (TPSA) is 82.2 Å². The zero-order chi connectivity index (χ0) is 19.5. The molecule has 2 aromatic heterocycles. The minimum absolute atomic E-state index is 0.137. The molecule has 0 aliphatic rings. The van der Waals surface area contributed by atoms with Gasteiger partial charge in [0.2, 0.25) is 5.89 Å².